The van der Waals surface area contributed by atoms with Crippen LogP contribution in [0.3, 0.4) is 0 Å². The second-order valence-corrected chi connectivity index (χ2v) is 4.73. The van der Waals surface area contributed by atoms with Crippen molar-refractivity contribution in [2.24, 2.45) is 0 Å². The van der Waals surface area contributed by atoms with Crippen LogP contribution in [0.1, 0.15) is 0 Å². The smallest absolute Gasteiger partial charge is 0.314 e. The van der Waals surface area contributed by atoms with Gasteiger partial charge in [-0.3, -0.25) is 9.30 Å². The van der Waals surface area contributed by atoms with Gasteiger partial charge < -0.3 is 5.32 Å². The van der Waals surface area contributed by atoms with E-state index in [1.807, 2.05) is 18.2 Å². The first-order valence-corrected chi connectivity index (χ1v) is 6.21. The molecule has 0 radical (unpaired) electrons. The Balaban J connectivity index is 1.74. The SMILES string of the molecule is CN(CCn1nc2ccccn2c1=O)C1CNC1. The van der Waals surface area contributed by atoms with Gasteiger partial charge in [0.05, 0.1) is 6.54 Å². The molecule has 0 bridgehead atoms. The second kappa shape index (κ2) is 4.55. The normalized spacial score (nSPS) is 16.3. The predicted octanol–water partition coefficient (Wildman–Crippen LogP) is -0.600. The summed E-state index contributed by atoms with van der Waals surface area (Å²) in [4.78, 5) is 14.3. The molecule has 1 N–H and O–H groups in total. The highest BCUT2D eigenvalue weighted by molar-refractivity contribution is 5.35. The average molecular weight is 247 g/mol. The van der Waals surface area contributed by atoms with Crippen molar-refractivity contribution in [3.63, 3.8) is 0 Å². The van der Waals surface area contributed by atoms with Crippen molar-refractivity contribution in [3.8, 4) is 0 Å². The van der Waals surface area contributed by atoms with E-state index >= 15 is 0 Å². The van der Waals surface area contributed by atoms with E-state index in [1.165, 1.54) is 4.68 Å². The molecule has 0 atom stereocenters. The first-order valence-electron chi connectivity index (χ1n) is 6.21. The summed E-state index contributed by atoms with van der Waals surface area (Å²) in [5.74, 6) is 0. The van der Waals surface area contributed by atoms with Gasteiger partial charge in [0, 0.05) is 31.9 Å². The lowest BCUT2D eigenvalue weighted by atomic mass is 10.1. The molecule has 1 fully saturated rings. The Morgan fingerprint density at radius 1 is 1.50 bits per heavy atom. The van der Waals surface area contributed by atoms with Gasteiger partial charge in [-0.15, -0.1) is 5.10 Å². The van der Waals surface area contributed by atoms with Crippen molar-refractivity contribution in [2.45, 2.75) is 12.6 Å². The van der Waals surface area contributed by atoms with Crippen LogP contribution in [0.25, 0.3) is 5.65 Å². The van der Waals surface area contributed by atoms with E-state index in [-0.39, 0.29) is 5.69 Å². The first-order chi connectivity index (χ1) is 8.75. The predicted molar refractivity (Wildman–Crippen MR) is 68.7 cm³/mol. The van der Waals surface area contributed by atoms with Crippen molar-refractivity contribution < 1.29 is 0 Å². The van der Waals surface area contributed by atoms with Crippen LogP contribution >= 0.6 is 0 Å². The number of hydrogen-bond acceptors (Lipinski definition) is 4. The maximum Gasteiger partial charge on any atom is 0.350 e. The zero-order valence-corrected chi connectivity index (χ0v) is 10.4. The van der Waals surface area contributed by atoms with Crippen molar-refractivity contribution in [1.29, 1.82) is 0 Å². The zero-order valence-electron chi connectivity index (χ0n) is 10.4. The fraction of sp³-hybridized carbons (Fsp3) is 0.500. The van der Waals surface area contributed by atoms with Crippen LogP contribution in [0.2, 0.25) is 0 Å². The summed E-state index contributed by atoms with van der Waals surface area (Å²) in [6.45, 7) is 3.55. The lowest BCUT2D eigenvalue weighted by Crippen LogP contribution is -2.56. The summed E-state index contributed by atoms with van der Waals surface area (Å²) in [5.41, 5.74) is 0.640. The molecule has 2 aromatic heterocycles. The molecular weight excluding hydrogens is 230 g/mol. The Kier molecular flexibility index (Phi) is 2.89. The highest BCUT2D eigenvalue weighted by Gasteiger charge is 2.21. The molecule has 6 heteroatoms. The Morgan fingerprint density at radius 3 is 3.00 bits per heavy atom. The second-order valence-electron chi connectivity index (χ2n) is 4.73. The zero-order chi connectivity index (χ0) is 12.5. The van der Waals surface area contributed by atoms with Crippen LogP contribution in [0.4, 0.5) is 0 Å². The van der Waals surface area contributed by atoms with Gasteiger partial charge in [0.2, 0.25) is 0 Å². The topological polar surface area (TPSA) is 54.6 Å². The van der Waals surface area contributed by atoms with E-state index in [9.17, 15) is 4.79 Å². The molecule has 6 nitrogen and oxygen atoms in total. The van der Waals surface area contributed by atoms with Gasteiger partial charge in [-0.25, -0.2) is 9.48 Å². The fourth-order valence-electron chi connectivity index (χ4n) is 2.13. The van der Waals surface area contributed by atoms with E-state index in [0.717, 1.165) is 19.6 Å². The van der Waals surface area contributed by atoms with Crippen LogP contribution in [0.5, 0.6) is 0 Å². The minimum Gasteiger partial charge on any atom is -0.314 e. The van der Waals surface area contributed by atoms with E-state index in [2.05, 4.69) is 22.4 Å². The highest BCUT2D eigenvalue weighted by atomic mass is 16.2. The van der Waals surface area contributed by atoms with E-state index in [0.29, 0.717) is 18.2 Å². The summed E-state index contributed by atoms with van der Waals surface area (Å²) in [7, 11) is 2.09. The van der Waals surface area contributed by atoms with Gasteiger partial charge >= 0.3 is 5.69 Å². The van der Waals surface area contributed by atoms with Gasteiger partial charge in [-0.1, -0.05) is 6.07 Å². The maximum atomic E-state index is 12.0. The number of hydrogen-bond donors (Lipinski definition) is 1. The number of likely N-dealkylation sites (N-methyl/N-ethyl adjacent to an activating group) is 1. The third-order valence-corrected chi connectivity index (χ3v) is 3.54. The molecule has 96 valence electrons. The van der Waals surface area contributed by atoms with Gasteiger partial charge in [0.25, 0.3) is 0 Å². The largest absolute Gasteiger partial charge is 0.350 e. The third kappa shape index (κ3) is 1.93. The number of nitrogens with zero attached hydrogens (tertiary/aromatic N) is 4. The van der Waals surface area contributed by atoms with Crippen LogP contribution in [0.15, 0.2) is 29.2 Å². The Bertz CT molecular complexity index is 598. The summed E-state index contributed by atoms with van der Waals surface area (Å²) in [6, 6.07) is 6.17. The number of fused-ring (bicyclic) bond motifs is 1. The fourth-order valence-corrected chi connectivity index (χ4v) is 2.13. The summed E-state index contributed by atoms with van der Waals surface area (Å²) in [5, 5.41) is 7.56. The molecule has 1 aliphatic heterocycles. The van der Waals surface area contributed by atoms with Gasteiger partial charge in [0.1, 0.15) is 0 Å². The molecule has 3 heterocycles. The maximum absolute atomic E-state index is 12.0. The summed E-state index contributed by atoms with van der Waals surface area (Å²) in [6.07, 6.45) is 1.75. The van der Waals surface area contributed by atoms with Gasteiger partial charge in [0.15, 0.2) is 5.65 Å². The lowest BCUT2D eigenvalue weighted by Gasteiger charge is -2.35. The minimum atomic E-state index is -0.0641. The molecule has 1 aliphatic rings. The van der Waals surface area contributed by atoms with Crippen LogP contribution in [-0.4, -0.2) is 51.8 Å². The van der Waals surface area contributed by atoms with Crippen LogP contribution < -0.4 is 11.0 Å². The first kappa shape index (κ1) is 11.4. The number of nitrogens with one attached hydrogen (secondary N) is 1. The molecule has 3 rings (SSSR count). The standard InChI is InChI=1S/C12H17N5O/c1-15(10-8-13-9-10)6-7-17-12(18)16-5-3-2-4-11(16)14-17/h2-5,10,13H,6-9H2,1H3. The quantitative estimate of drug-likeness (QED) is 0.784. The third-order valence-electron chi connectivity index (χ3n) is 3.54. The molecule has 0 spiro atoms. The number of aromatic nitrogens is 3. The molecule has 0 unspecified atom stereocenters. The Morgan fingerprint density at radius 2 is 2.33 bits per heavy atom. The molecule has 0 aromatic carbocycles. The van der Waals surface area contributed by atoms with Gasteiger partial charge in [-0.05, 0) is 19.2 Å². The van der Waals surface area contributed by atoms with E-state index in [1.54, 1.807) is 10.6 Å². The average Bonchev–Trinajstić information content (AvgIpc) is 2.62. The molecule has 0 saturated carbocycles. The molecule has 0 amide bonds. The lowest BCUT2D eigenvalue weighted by molar-refractivity contribution is 0.172. The minimum absolute atomic E-state index is 0.0641. The van der Waals surface area contributed by atoms with E-state index < -0.39 is 0 Å². The number of rotatable bonds is 4. The monoisotopic (exact) mass is 247 g/mol. The van der Waals surface area contributed by atoms with Crippen molar-refractivity contribution in [3.05, 3.63) is 34.9 Å². The molecule has 2 aromatic rings. The molecular formula is C12H17N5O. The molecule has 1 saturated heterocycles. The van der Waals surface area contributed by atoms with Crippen molar-refractivity contribution in [2.75, 3.05) is 26.7 Å². The summed E-state index contributed by atoms with van der Waals surface area (Å²) < 4.78 is 3.11. The summed E-state index contributed by atoms with van der Waals surface area (Å²) >= 11 is 0. The Labute approximate surface area is 105 Å². The molecule has 0 aliphatic carbocycles. The van der Waals surface area contributed by atoms with Crippen LogP contribution in [0, 0.1) is 0 Å². The van der Waals surface area contributed by atoms with Crippen molar-refractivity contribution in [1.82, 2.24) is 24.4 Å². The van der Waals surface area contributed by atoms with Crippen molar-refractivity contribution >= 4 is 5.65 Å². The number of pyridine rings is 1. The highest BCUT2D eigenvalue weighted by Crippen LogP contribution is 2.02. The van der Waals surface area contributed by atoms with E-state index in [4.69, 9.17) is 0 Å². The van der Waals surface area contributed by atoms with Crippen LogP contribution in [-0.2, 0) is 6.54 Å². The molecule has 18 heavy (non-hydrogen) atoms. The Hall–Kier alpha value is -1.66. The van der Waals surface area contributed by atoms with Gasteiger partial charge in [-0.2, -0.15) is 0 Å².